The van der Waals surface area contributed by atoms with Crippen LogP contribution < -0.4 is 0 Å². The van der Waals surface area contributed by atoms with Gasteiger partial charge in [-0.3, -0.25) is 9.48 Å². The quantitative estimate of drug-likeness (QED) is 0.353. The second-order valence-corrected chi connectivity index (χ2v) is 10.8. The van der Waals surface area contributed by atoms with Crippen LogP contribution in [0.4, 0.5) is 10.2 Å². The minimum absolute atomic E-state index is 0.0452. The van der Waals surface area contributed by atoms with Gasteiger partial charge in [0.15, 0.2) is 5.82 Å². The largest absolute Gasteiger partial charge is 0.477 e. The van der Waals surface area contributed by atoms with E-state index in [0.29, 0.717) is 66.4 Å². The third-order valence-electron chi connectivity index (χ3n) is 7.59. The molecule has 216 valence electrons. The number of carbonyl (C=O) groups excluding carboxylic acids is 1. The van der Waals surface area contributed by atoms with Crippen molar-refractivity contribution in [2.75, 3.05) is 19.7 Å². The van der Waals surface area contributed by atoms with E-state index >= 15 is 0 Å². The van der Waals surface area contributed by atoms with Gasteiger partial charge in [-0.05, 0) is 56.4 Å². The van der Waals surface area contributed by atoms with Crippen LogP contribution in [0.5, 0.6) is 0 Å². The molecule has 2 aliphatic heterocycles. The second kappa shape index (κ2) is 12.4. The monoisotopic (exact) mass is 582 g/mol. The number of likely N-dealkylation sites (tertiary alicyclic amines) is 1. The van der Waals surface area contributed by atoms with Crippen molar-refractivity contribution in [3.05, 3.63) is 76.7 Å². The van der Waals surface area contributed by atoms with Crippen LogP contribution in [0.3, 0.4) is 0 Å². The Morgan fingerprint density at radius 2 is 2.02 bits per heavy atom. The first-order valence-corrected chi connectivity index (χ1v) is 14.0. The fourth-order valence-corrected chi connectivity index (χ4v) is 5.34. The second-order valence-electron chi connectivity index (χ2n) is 10.4. The van der Waals surface area contributed by atoms with Crippen molar-refractivity contribution in [1.82, 2.24) is 24.2 Å². The molecule has 0 radical (unpaired) electrons. The summed E-state index contributed by atoms with van der Waals surface area (Å²) in [4.78, 5) is 35.6. The molecule has 1 atom stereocenters. The number of halogens is 2. The summed E-state index contributed by atoms with van der Waals surface area (Å²) >= 11 is 5.83. The van der Waals surface area contributed by atoms with E-state index in [1.807, 2.05) is 11.5 Å². The molecule has 12 heteroatoms. The number of nitrogens with zero attached hydrogens (tertiary/aromatic N) is 6. The number of hydrogen-bond acceptors (Lipinski definition) is 6. The predicted molar refractivity (Wildman–Crippen MR) is 151 cm³/mol. The number of aryl methyl sites for hydroxylation is 1. The summed E-state index contributed by atoms with van der Waals surface area (Å²) < 4.78 is 23.3. The first-order valence-electron chi connectivity index (χ1n) is 13.6. The fourth-order valence-electron chi connectivity index (χ4n) is 5.19. The molecule has 0 spiro atoms. The minimum atomic E-state index is -1.15. The van der Waals surface area contributed by atoms with E-state index in [-0.39, 0.29) is 24.3 Å². The highest BCUT2D eigenvalue weighted by Gasteiger charge is 2.29. The molecule has 0 saturated carbocycles. The average Bonchev–Trinajstić information content (AvgIpc) is 3.50. The van der Waals surface area contributed by atoms with Gasteiger partial charge >= 0.3 is 5.97 Å². The zero-order valence-corrected chi connectivity index (χ0v) is 23.6. The molecule has 2 aliphatic rings. The first kappa shape index (κ1) is 28.7. The number of ether oxygens (including phenoxy) is 1. The normalized spacial score (nSPS) is 17.9. The summed E-state index contributed by atoms with van der Waals surface area (Å²) in [5.74, 6) is -0.0745. The summed E-state index contributed by atoms with van der Waals surface area (Å²) in [6.07, 6.45) is 6.14. The molecule has 0 bridgehead atoms. The number of aliphatic carboxylic acids is 1. The molecule has 0 aliphatic carbocycles. The Kier molecular flexibility index (Phi) is 8.65. The summed E-state index contributed by atoms with van der Waals surface area (Å²) in [7, 11) is 0. The molecule has 1 aromatic carbocycles. The van der Waals surface area contributed by atoms with E-state index < -0.39 is 11.8 Å². The molecule has 2 saturated heterocycles. The summed E-state index contributed by atoms with van der Waals surface area (Å²) in [5, 5.41) is 14.2. The molecular formula is C29H32ClFN6O4. The van der Waals surface area contributed by atoms with Crippen LogP contribution in [0, 0.1) is 18.7 Å². The van der Waals surface area contributed by atoms with Crippen molar-refractivity contribution in [3.63, 3.8) is 0 Å². The molecule has 5 rings (SSSR count). The lowest BCUT2D eigenvalue weighted by molar-refractivity contribution is -0.129. The summed E-state index contributed by atoms with van der Waals surface area (Å²) in [6.45, 7) is 8.02. The molecular weight excluding hydrogens is 551 g/mol. The molecule has 2 fully saturated rings. The van der Waals surface area contributed by atoms with Gasteiger partial charge in [-0.1, -0.05) is 24.2 Å². The third-order valence-corrected chi connectivity index (χ3v) is 7.82. The van der Waals surface area contributed by atoms with Crippen molar-refractivity contribution >= 4 is 35.0 Å². The number of aliphatic imine (C=N–C) groups is 1. The number of amides is 1. The smallest absolute Gasteiger partial charge is 0.354 e. The van der Waals surface area contributed by atoms with Gasteiger partial charge in [0.25, 0.3) is 5.91 Å². The van der Waals surface area contributed by atoms with E-state index in [1.54, 1.807) is 34.0 Å². The molecule has 3 aromatic rings. The van der Waals surface area contributed by atoms with Crippen molar-refractivity contribution in [2.24, 2.45) is 10.9 Å². The van der Waals surface area contributed by atoms with Crippen LogP contribution in [0.25, 0.3) is 0 Å². The topological polar surface area (TPSA) is 115 Å². The lowest BCUT2D eigenvalue weighted by Gasteiger charge is -2.32. The summed E-state index contributed by atoms with van der Waals surface area (Å²) in [5.41, 5.74) is 1.28. The molecule has 2 aromatic heterocycles. The number of piperidine rings is 1. The number of carboxylic acids is 1. The molecule has 1 N–H and O–H groups in total. The van der Waals surface area contributed by atoms with Gasteiger partial charge in [-0.2, -0.15) is 5.10 Å². The molecule has 41 heavy (non-hydrogen) atoms. The number of hydrogen-bond donors (Lipinski definition) is 1. The van der Waals surface area contributed by atoms with Gasteiger partial charge in [-0.25, -0.2) is 19.2 Å². The van der Waals surface area contributed by atoms with E-state index in [0.717, 1.165) is 25.1 Å². The summed E-state index contributed by atoms with van der Waals surface area (Å²) in [6, 6.07) is 6.14. The molecule has 4 heterocycles. The van der Waals surface area contributed by atoms with Gasteiger partial charge in [0.1, 0.15) is 23.0 Å². The van der Waals surface area contributed by atoms with Gasteiger partial charge in [0.2, 0.25) is 0 Å². The van der Waals surface area contributed by atoms with Crippen LogP contribution in [-0.2, 0) is 29.0 Å². The third kappa shape index (κ3) is 6.57. The number of rotatable bonds is 10. The molecule has 10 nitrogen and oxygen atoms in total. The lowest BCUT2D eigenvalue weighted by Crippen LogP contribution is -2.39. The van der Waals surface area contributed by atoms with Crippen molar-refractivity contribution in [1.29, 1.82) is 0 Å². The van der Waals surface area contributed by atoms with Crippen LogP contribution in [0.2, 0.25) is 5.02 Å². The Morgan fingerprint density at radius 3 is 2.66 bits per heavy atom. The van der Waals surface area contributed by atoms with Crippen molar-refractivity contribution in [3.8, 4) is 0 Å². The predicted octanol–water partition coefficient (Wildman–Crippen LogP) is 4.46. The number of carbonyl (C=O) groups is 2. The average molecular weight is 583 g/mol. The standard InChI is InChI=1S/C29H32ClFN6O4/c1-3-24(29(39)40)33-27-18(2)32-26(37(27)17-22-9-13-41-22)14-19-6-10-35(11-7-19)28(38)25-8-12-36(34-25)16-20-4-5-21(30)15-23(20)31/h3-5,8,12,15,19,22H,1,6-7,9-11,13-14,16-17H2,2H3,(H,39,40)/b33-24+/t22-/m0/s1. The van der Waals surface area contributed by atoms with Crippen LogP contribution in [0.1, 0.15) is 46.8 Å². The highest BCUT2D eigenvalue weighted by Crippen LogP contribution is 2.29. The maximum Gasteiger partial charge on any atom is 0.354 e. The van der Waals surface area contributed by atoms with E-state index in [9.17, 15) is 19.1 Å². The number of carboxylic acid groups (broad SMARTS) is 1. The van der Waals surface area contributed by atoms with Gasteiger partial charge in [0, 0.05) is 42.9 Å². The highest BCUT2D eigenvalue weighted by molar-refractivity contribution is 6.40. The number of imidazole rings is 1. The van der Waals surface area contributed by atoms with E-state index in [2.05, 4.69) is 16.7 Å². The zero-order chi connectivity index (χ0) is 29.1. The Morgan fingerprint density at radius 1 is 1.27 bits per heavy atom. The van der Waals surface area contributed by atoms with Gasteiger partial charge in [-0.15, -0.1) is 0 Å². The van der Waals surface area contributed by atoms with Crippen molar-refractivity contribution < 1.29 is 23.8 Å². The van der Waals surface area contributed by atoms with Crippen LogP contribution in [0.15, 0.2) is 48.1 Å². The zero-order valence-electron chi connectivity index (χ0n) is 22.8. The Labute approximate surface area is 242 Å². The lowest BCUT2D eigenvalue weighted by atomic mass is 9.93. The maximum atomic E-state index is 14.2. The van der Waals surface area contributed by atoms with Gasteiger partial charge in [0.05, 0.1) is 24.9 Å². The van der Waals surface area contributed by atoms with E-state index in [4.69, 9.17) is 21.3 Å². The van der Waals surface area contributed by atoms with E-state index in [1.165, 1.54) is 12.1 Å². The Balaban J connectivity index is 1.23. The SMILES string of the molecule is C=C/C(=N\c1c(C)nc(CC2CCN(C(=O)c3ccn(Cc4ccc(Cl)cc4F)n3)CC2)n1C[C@@H]1CCO1)C(=O)O. The Hall–Kier alpha value is -3.83. The van der Waals surface area contributed by atoms with Crippen LogP contribution >= 0.6 is 11.6 Å². The first-order chi connectivity index (χ1) is 19.7. The Bertz CT molecular complexity index is 1490. The molecule has 1 amide bonds. The fraction of sp³-hybridized carbons (Fsp3) is 0.414. The van der Waals surface area contributed by atoms with Gasteiger partial charge < -0.3 is 19.3 Å². The van der Waals surface area contributed by atoms with Crippen LogP contribution in [-0.4, -0.2) is 72.7 Å². The maximum absolute atomic E-state index is 14.2. The highest BCUT2D eigenvalue weighted by atomic mass is 35.5. The minimum Gasteiger partial charge on any atom is -0.477 e. The molecule has 0 unspecified atom stereocenters. The number of aromatic nitrogens is 4. The number of benzene rings is 1. The van der Waals surface area contributed by atoms with Crippen molar-refractivity contribution in [2.45, 2.75) is 51.8 Å².